The second kappa shape index (κ2) is 5.39. The summed E-state index contributed by atoms with van der Waals surface area (Å²) in [5, 5.41) is 0. The van der Waals surface area contributed by atoms with E-state index in [0.717, 1.165) is 18.7 Å². The molecule has 0 aliphatic heterocycles. The molecule has 82 valence electrons. The van der Waals surface area contributed by atoms with Gasteiger partial charge < -0.3 is 9.64 Å². The van der Waals surface area contributed by atoms with Crippen LogP contribution in [0, 0.1) is 0 Å². The number of likely N-dealkylation sites (N-methyl/N-ethyl adjacent to an activating group) is 1. The van der Waals surface area contributed by atoms with Gasteiger partial charge in [0, 0.05) is 20.5 Å². The summed E-state index contributed by atoms with van der Waals surface area (Å²) >= 11 is 0. The summed E-state index contributed by atoms with van der Waals surface area (Å²) in [6, 6.07) is 7.91. The minimum atomic E-state index is 0.100. The van der Waals surface area contributed by atoms with Crippen molar-refractivity contribution in [2.45, 2.75) is 13.3 Å². The highest BCUT2D eigenvalue weighted by atomic mass is 16.5. The Morgan fingerprint density at radius 2 is 1.93 bits per heavy atom. The van der Waals surface area contributed by atoms with Crippen molar-refractivity contribution < 1.29 is 9.53 Å². The van der Waals surface area contributed by atoms with Gasteiger partial charge in [0.25, 0.3) is 0 Å². The molecule has 3 nitrogen and oxygen atoms in total. The van der Waals surface area contributed by atoms with Crippen LogP contribution in [-0.4, -0.2) is 31.5 Å². The number of nitrogens with zero attached hydrogens (tertiary/aromatic N) is 1. The number of carbonyl (C=O) groups is 1. The lowest BCUT2D eigenvalue weighted by Crippen LogP contribution is -2.26. The molecule has 0 aliphatic carbocycles. The average molecular weight is 207 g/mol. The van der Waals surface area contributed by atoms with Gasteiger partial charge in [0.15, 0.2) is 0 Å². The summed E-state index contributed by atoms with van der Waals surface area (Å²) in [6.45, 7) is 2.33. The summed E-state index contributed by atoms with van der Waals surface area (Å²) in [6.07, 6.45) is 0.875. The first-order chi connectivity index (χ1) is 7.13. The van der Waals surface area contributed by atoms with Crippen molar-refractivity contribution >= 4 is 5.91 Å². The van der Waals surface area contributed by atoms with Gasteiger partial charge in [0.1, 0.15) is 5.75 Å². The van der Waals surface area contributed by atoms with Crippen LogP contribution in [0.4, 0.5) is 0 Å². The molecule has 15 heavy (non-hydrogen) atoms. The minimum Gasteiger partial charge on any atom is -0.497 e. The van der Waals surface area contributed by atoms with Crippen molar-refractivity contribution in [2.75, 3.05) is 20.7 Å². The maximum absolute atomic E-state index is 11.0. The van der Waals surface area contributed by atoms with Crippen molar-refractivity contribution in [3.05, 3.63) is 29.8 Å². The largest absolute Gasteiger partial charge is 0.497 e. The molecule has 1 aromatic carbocycles. The van der Waals surface area contributed by atoms with Crippen LogP contribution in [0.3, 0.4) is 0 Å². The van der Waals surface area contributed by atoms with Gasteiger partial charge in [-0.3, -0.25) is 4.79 Å². The molecule has 1 rings (SSSR count). The van der Waals surface area contributed by atoms with Crippen LogP contribution in [0.15, 0.2) is 24.3 Å². The fraction of sp³-hybridized carbons (Fsp3) is 0.417. The zero-order chi connectivity index (χ0) is 11.3. The Morgan fingerprint density at radius 3 is 2.40 bits per heavy atom. The molecule has 0 aromatic heterocycles. The Kier molecular flexibility index (Phi) is 4.16. The summed E-state index contributed by atoms with van der Waals surface area (Å²) in [4.78, 5) is 12.7. The quantitative estimate of drug-likeness (QED) is 0.752. The van der Waals surface area contributed by atoms with Crippen LogP contribution in [-0.2, 0) is 11.2 Å². The third-order valence-electron chi connectivity index (χ3n) is 2.43. The van der Waals surface area contributed by atoms with Crippen LogP contribution in [0.2, 0.25) is 0 Å². The second-order valence-electron chi connectivity index (χ2n) is 3.54. The first kappa shape index (κ1) is 11.6. The topological polar surface area (TPSA) is 29.5 Å². The number of amides is 1. The SMILES string of the molecule is COc1ccc(CCN(C)C(C)=O)cc1. The number of hydrogen-bond acceptors (Lipinski definition) is 2. The van der Waals surface area contributed by atoms with Gasteiger partial charge in [-0.1, -0.05) is 12.1 Å². The molecule has 0 heterocycles. The molecule has 3 heteroatoms. The number of benzene rings is 1. The van der Waals surface area contributed by atoms with E-state index in [1.807, 2.05) is 31.3 Å². The van der Waals surface area contributed by atoms with E-state index < -0.39 is 0 Å². The van der Waals surface area contributed by atoms with E-state index in [2.05, 4.69) is 0 Å². The van der Waals surface area contributed by atoms with E-state index in [4.69, 9.17) is 4.74 Å². The standard InChI is InChI=1S/C12H17NO2/c1-10(14)13(2)9-8-11-4-6-12(15-3)7-5-11/h4-7H,8-9H2,1-3H3. The lowest BCUT2D eigenvalue weighted by atomic mass is 10.1. The van der Waals surface area contributed by atoms with Crippen molar-refractivity contribution in [2.24, 2.45) is 0 Å². The summed E-state index contributed by atoms with van der Waals surface area (Å²) in [5.74, 6) is 0.960. The summed E-state index contributed by atoms with van der Waals surface area (Å²) in [7, 11) is 3.46. The van der Waals surface area contributed by atoms with E-state index >= 15 is 0 Å². The Bertz CT molecular complexity index is 319. The van der Waals surface area contributed by atoms with Crippen molar-refractivity contribution in [1.82, 2.24) is 4.90 Å². The third kappa shape index (κ3) is 3.62. The predicted molar refractivity (Wildman–Crippen MR) is 60.0 cm³/mol. The molecular formula is C12H17NO2. The molecule has 0 bridgehead atoms. The molecule has 0 atom stereocenters. The molecule has 1 amide bonds. The Balaban J connectivity index is 2.47. The highest BCUT2D eigenvalue weighted by Crippen LogP contribution is 2.11. The molecule has 0 unspecified atom stereocenters. The van der Waals surface area contributed by atoms with Crippen molar-refractivity contribution in [3.63, 3.8) is 0 Å². The fourth-order valence-corrected chi connectivity index (χ4v) is 1.25. The van der Waals surface area contributed by atoms with Gasteiger partial charge in [0.05, 0.1) is 7.11 Å². The molecule has 0 N–H and O–H groups in total. The van der Waals surface area contributed by atoms with E-state index in [-0.39, 0.29) is 5.91 Å². The Hall–Kier alpha value is -1.51. The van der Waals surface area contributed by atoms with Gasteiger partial charge in [-0.15, -0.1) is 0 Å². The van der Waals surface area contributed by atoms with Crippen molar-refractivity contribution in [1.29, 1.82) is 0 Å². The van der Waals surface area contributed by atoms with Crippen LogP contribution in [0.5, 0.6) is 5.75 Å². The second-order valence-corrected chi connectivity index (χ2v) is 3.54. The first-order valence-electron chi connectivity index (χ1n) is 4.98. The Labute approximate surface area is 90.7 Å². The molecular weight excluding hydrogens is 190 g/mol. The first-order valence-corrected chi connectivity index (χ1v) is 4.98. The summed E-state index contributed by atoms with van der Waals surface area (Å²) < 4.78 is 5.07. The van der Waals surface area contributed by atoms with Gasteiger partial charge >= 0.3 is 0 Å². The average Bonchev–Trinajstić information content (AvgIpc) is 2.26. The lowest BCUT2D eigenvalue weighted by Gasteiger charge is -2.14. The zero-order valence-electron chi connectivity index (χ0n) is 9.49. The molecule has 0 saturated heterocycles. The fourth-order valence-electron chi connectivity index (χ4n) is 1.25. The van der Waals surface area contributed by atoms with Crippen LogP contribution in [0.25, 0.3) is 0 Å². The molecule has 0 aliphatic rings. The number of ether oxygens (including phenoxy) is 1. The van der Waals surface area contributed by atoms with E-state index in [0.29, 0.717) is 0 Å². The Morgan fingerprint density at radius 1 is 1.33 bits per heavy atom. The maximum Gasteiger partial charge on any atom is 0.219 e. The zero-order valence-corrected chi connectivity index (χ0v) is 9.49. The van der Waals surface area contributed by atoms with Crippen LogP contribution in [0.1, 0.15) is 12.5 Å². The highest BCUT2D eigenvalue weighted by Gasteiger charge is 2.02. The third-order valence-corrected chi connectivity index (χ3v) is 2.43. The number of hydrogen-bond donors (Lipinski definition) is 0. The molecule has 0 radical (unpaired) electrons. The van der Waals surface area contributed by atoms with E-state index in [1.54, 1.807) is 18.9 Å². The molecule has 0 spiro atoms. The summed E-state index contributed by atoms with van der Waals surface area (Å²) in [5.41, 5.74) is 1.21. The van der Waals surface area contributed by atoms with Gasteiger partial charge in [-0.25, -0.2) is 0 Å². The van der Waals surface area contributed by atoms with E-state index in [9.17, 15) is 4.79 Å². The normalized spacial score (nSPS) is 9.80. The monoisotopic (exact) mass is 207 g/mol. The van der Waals surface area contributed by atoms with Crippen LogP contribution < -0.4 is 4.74 Å². The van der Waals surface area contributed by atoms with Gasteiger partial charge in [-0.05, 0) is 24.1 Å². The highest BCUT2D eigenvalue weighted by molar-refractivity contribution is 5.72. The minimum absolute atomic E-state index is 0.100. The number of methoxy groups -OCH3 is 1. The number of rotatable bonds is 4. The van der Waals surface area contributed by atoms with Crippen molar-refractivity contribution in [3.8, 4) is 5.75 Å². The molecule has 0 fully saturated rings. The maximum atomic E-state index is 11.0. The molecule has 0 saturated carbocycles. The molecule has 1 aromatic rings. The predicted octanol–water partition coefficient (Wildman–Crippen LogP) is 1.72. The van der Waals surface area contributed by atoms with Gasteiger partial charge in [-0.2, -0.15) is 0 Å². The van der Waals surface area contributed by atoms with Gasteiger partial charge in [0.2, 0.25) is 5.91 Å². The smallest absolute Gasteiger partial charge is 0.219 e. The lowest BCUT2D eigenvalue weighted by molar-refractivity contribution is -0.127. The number of carbonyl (C=O) groups excluding carboxylic acids is 1. The van der Waals surface area contributed by atoms with Crippen LogP contribution >= 0.6 is 0 Å². The van der Waals surface area contributed by atoms with E-state index in [1.165, 1.54) is 5.56 Å².